The van der Waals surface area contributed by atoms with Crippen molar-refractivity contribution >= 4 is 29.2 Å². The second kappa shape index (κ2) is 9.38. The zero-order valence-corrected chi connectivity index (χ0v) is 15.5. The summed E-state index contributed by atoms with van der Waals surface area (Å²) >= 11 is 0. The Labute approximate surface area is 157 Å². The van der Waals surface area contributed by atoms with Crippen LogP contribution in [0.1, 0.15) is 18.1 Å². The number of amides is 2. The van der Waals surface area contributed by atoms with Crippen LogP contribution in [0.25, 0.3) is 0 Å². The van der Waals surface area contributed by atoms with Gasteiger partial charge in [0.25, 0.3) is 5.91 Å². The van der Waals surface area contributed by atoms with E-state index < -0.39 is 18.5 Å². The lowest BCUT2D eigenvalue weighted by atomic mass is 10.1. The first-order valence-electron chi connectivity index (χ1n) is 8.37. The number of aryl methyl sites for hydroxylation is 1. The minimum Gasteiger partial charge on any atom is -0.482 e. The third-order valence-corrected chi connectivity index (χ3v) is 3.73. The molecule has 0 radical (unpaired) electrons. The molecule has 0 spiro atoms. The number of benzene rings is 2. The van der Waals surface area contributed by atoms with Gasteiger partial charge in [-0.1, -0.05) is 18.2 Å². The zero-order chi connectivity index (χ0) is 19.8. The second-order valence-corrected chi connectivity index (χ2v) is 5.96. The summed E-state index contributed by atoms with van der Waals surface area (Å²) in [5.74, 6) is -0.740. The van der Waals surface area contributed by atoms with E-state index in [9.17, 15) is 14.4 Å². The fourth-order valence-electron chi connectivity index (χ4n) is 2.28. The molecule has 0 atom stereocenters. The number of carbonyl (C=O) groups is 3. The quantitative estimate of drug-likeness (QED) is 0.731. The van der Waals surface area contributed by atoms with E-state index in [-0.39, 0.29) is 12.5 Å². The summed E-state index contributed by atoms with van der Waals surface area (Å²) in [6, 6.07) is 12.2. The lowest BCUT2D eigenvalue weighted by molar-refractivity contribution is -0.149. The van der Waals surface area contributed by atoms with Gasteiger partial charge >= 0.3 is 5.97 Å². The van der Waals surface area contributed by atoms with E-state index >= 15 is 0 Å². The Kier molecular flexibility index (Phi) is 6.93. The van der Waals surface area contributed by atoms with Gasteiger partial charge in [-0.2, -0.15) is 0 Å². The monoisotopic (exact) mass is 370 g/mol. The van der Waals surface area contributed by atoms with E-state index in [1.54, 1.807) is 30.3 Å². The van der Waals surface area contributed by atoms with Gasteiger partial charge in [0.1, 0.15) is 5.75 Å². The third kappa shape index (κ3) is 6.47. The number of nitrogens with one attached hydrogen (secondary N) is 2. The Morgan fingerprint density at radius 1 is 0.926 bits per heavy atom. The number of rotatable bonds is 7. The number of esters is 1. The van der Waals surface area contributed by atoms with E-state index in [1.807, 2.05) is 26.0 Å². The topological polar surface area (TPSA) is 93.7 Å². The van der Waals surface area contributed by atoms with Crippen LogP contribution in [-0.4, -0.2) is 31.0 Å². The van der Waals surface area contributed by atoms with Crippen molar-refractivity contribution < 1.29 is 23.9 Å². The molecule has 27 heavy (non-hydrogen) atoms. The molecule has 0 aromatic heterocycles. The standard InChI is InChI=1S/C20H22N2O5/c1-13-6-4-9-18(14(13)2)26-12-20(25)27-11-19(24)22-17-8-5-7-16(10-17)21-15(3)23/h4-10H,11-12H2,1-3H3,(H,21,23)(H,22,24). The van der Waals surface area contributed by atoms with E-state index in [2.05, 4.69) is 10.6 Å². The summed E-state index contributed by atoms with van der Waals surface area (Å²) < 4.78 is 10.4. The van der Waals surface area contributed by atoms with E-state index in [1.165, 1.54) is 6.92 Å². The van der Waals surface area contributed by atoms with Crippen LogP contribution in [0.3, 0.4) is 0 Å². The molecule has 0 bridgehead atoms. The molecule has 142 valence electrons. The largest absolute Gasteiger partial charge is 0.482 e. The Morgan fingerprint density at radius 2 is 1.59 bits per heavy atom. The van der Waals surface area contributed by atoms with Crippen molar-refractivity contribution in [2.24, 2.45) is 0 Å². The number of ether oxygens (including phenoxy) is 2. The minimum absolute atomic E-state index is 0.212. The molecule has 2 aromatic carbocycles. The van der Waals surface area contributed by atoms with Gasteiger partial charge in [-0.3, -0.25) is 9.59 Å². The lowest BCUT2D eigenvalue weighted by Crippen LogP contribution is -2.23. The van der Waals surface area contributed by atoms with Gasteiger partial charge in [0, 0.05) is 18.3 Å². The molecule has 0 aliphatic carbocycles. The van der Waals surface area contributed by atoms with Gasteiger partial charge in [0.05, 0.1) is 0 Å². The smallest absolute Gasteiger partial charge is 0.344 e. The molecule has 7 nitrogen and oxygen atoms in total. The molecule has 0 aliphatic rings. The highest BCUT2D eigenvalue weighted by molar-refractivity contribution is 5.94. The van der Waals surface area contributed by atoms with Crippen LogP contribution in [0.15, 0.2) is 42.5 Å². The molecule has 0 saturated heterocycles. The average molecular weight is 370 g/mol. The first-order valence-corrected chi connectivity index (χ1v) is 8.37. The Bertz CT molecular complexity index is 848. The molecule has 2 aromatic rings. The second-order valence-electron chi connectivity index (χ2n) is 5.96. The SMILES string of the molecule is CC(=O)Nc1cccc(NC(=O)COC(=O)COc2cccc(C)c2C)c1. The molecule has 0 fully saturated rings. The van der Waals surface area contributed by atoms with Crippen LogP contribution in [0, 0.1) is 13.8 Å². The Hall–Kier alpha value is -3.35. The molecule has 0 aliphatic heterocycles. The molecule has 2 N–H and O–H groups in total. The number of carbonyl (C=O) groups excluding carboxylic acids is 3. The van der Waals surface area contributed by atoms with Crippen molar-refractivity contribution in [3.8, 4) is 5.75 Å². The van der Waals surface area contributed by atoms with Crippen molar-refractivity contribution in [1.29, 1.82) is 0 Å². The van der Waals surface area contributed by atoms with E-state index in [0.717, 1.165) is 11.1 Å². The number of anilines is 2. The summed E-state index contributed by atoms with van der Waals surface area (Å²) in [6.07, 6.45) is 0. The highest BCUT2D eigenvalue weighted by Gasteiger charge is 2.10. The lowest BCUT2D eigenvalue weighted by Gasteiger charge is -2.11. The fraction of sp³-hybridized carbons (Fsp3) is 0.250. The maximum absolute atomic E-state index is 11.9. The van der Waals surface area contributed by atoms with Gasteiger partial charge < -0.3 is 20.1 Å². The highest BCUT2D eigenvalue weighted by atomic mass is 16.6. The summed E-state index contributed by atoms with van der Waals surface area (Å²) in [7, 11) is 0. The first-order chi connectivity index (χ1) is 12.8. The molecule has 0 heterocycles. The van der Waals surface area contributed by atoms with Crippen LogP contribution >= 0.6 is 0 Å². The zero-order valence-electron chi connectivity index (χ0n) is 15.5. The van der Waals surface area contributed by atoms with Crippen molar-refractivity contribution in [2.45, 2.75) is 20.8 Å². The molecule has 0 unspecified atom stereocenters. The van der Waals surface area contributed by atoms with Crippen molar-refractivity contribution in [1.82, 2.24) is 0 Å². The van der Waals surface area contributed by atoms with Gasteiger partial charge in [-0.25, -0.2) is 4.79 Å². The molecular formula is C20H22N2O5. The maximum Gasteiger partial charge on any atom is 0.344 e. The van der Waals surface area contributed by atoms with Gasteiger partial charge in [-0.05, 0) is 49.2 Å². The predicted molar refractivity (Wildman–Crippen MR) is 102 cm³/mol. The van der Waals surface area contributed by atoms with E-state index in [0.29, 0.717) is 17.1 Å². The summed E-state index contributed by atoms with van der Waals surface area (Å²) in [5.41, 5.74) is 3.04. The van der Waals surface area contributed by atoms with Crippen LogP contribution in [0.5, 0.6) is 5.75 Å². The fourth-order valence-corrected chi connectivity index (χ4v) is 2.28. The van der Waals surface area contributed by atoms with Crippen LogP contribution in [0.4, 0.5) is 11.4 Å². The minimum atomic E-state index is -0.641. The molecule has 2 amide bonds. The molecule has 7 heteroatoms. The summed E-state index contributed by atoms with van der Waals surface area (Å²) in [4.78, 5) is 34.7. The predicted octanol–water partition coefficient (Wildman–Crippen LogP) is 2.82. The van der Waals surface area contributed by atoms with Crippen molar-refractivity contribution in [3.05, 3.63) is 53.6 Å². The van der Waals surface area contributed by atoms with Gasteiger partial charge in [0.2, 0.25) is 5.91 Å². The van der Waals surface area contributed by atoms with E-state index in [4.69, 9.17) is 9.47 Å². The molecular weight excluding hydrogens is 348 g/mol. The Balaban J connectivity index is 1.79. The van der Waals surface area contributed by atoms with Gasteiger partial charge in [-0.15, -0.1) is 0 Å². The van der Waals surface area contributed by atoms with Gasteiger partial charge in [0.15, 0.2) is 13.2 Å². The number of hydrogen-bond acceptors (Lipinski definition) is 5. The summed E-state index contributed by atoms with van der Waals surface area (Å²) in [5, 5.41) is 5.21. The van der Waals surface area contributed by atoms with Crippen LogP contribution in [-0.2, 0) is 19.1 Å². The normalized spacial score (nSPS) is 10.0. The van der Waals surface area contributed by atoms with Crippen molar-refractivity contribution in [3.63, 3.8) is 0 Å². The number of hydrogen-bond donors (Lipinski definition) is 2. The Morgan fingerprint density at radius 3 is 2.30 bits per heavy atom. The van der Waals surface area contributed by atoms with Crippen molar-refractivity contribution in [2.75, 3.05) is 23.8 Å². The van der Waals surface area contributed by atoms with Crippen LogP contribution in [0.2, 0.25) is 0 Å². The summed E-state index contributed by atoms with van der Waals surface area (Å²) in [6.45, 7) is 4.53. The molecule has 2 rings (SSSR count). The average Bonchev–Trinajstić information content (AvgIpc) is 2.61. The maximum atomic E-state index is 11.9. The van der Waals surface area contributed by atoms with Crippen LogP contribution < -0.4 is 15.4 Å². The highest BCUT2D eigenvalue weighted by Crippen LogP contribution is 2.20. The molecule has 0 saturated carbocycles. The first kappa shape index (κ1) is 20.0. The third-order valence-electron chi connectivity index (χ3n) is 3.73.